The van der Waals surface area contributed by atoms with E-state index in [4.69, 9.17) is 18.9 Å². The highest BCUT2D eigenvalue weighted by Gasteiger charge is 2.26. The van der Waals surface area contributed by atoms with Gasteiger partial charge >= 0.3 is 0 Å². The van der Waals surface area contributed by atoms with E-state index in [1.807, 2.05) is 6.07 Å². The molecule has 0 amide bonds. The van der Waals surface area contributed by atoms with Gasteiger partial charge in [-0.1, -0.05) is 36.8 Å². The Bertz CT molecular complexity index is 1160. The minimum absolute atomic E-state index is 0.691. The second-order valence-corrected chi connectivity index (χ2v) is 10.3. The molecule has 6 nitrogen and oxygen atoms in total. The summed E-state index contributed by atoms with van der Waals surface area (Å²) in [5.41, 5.74) is 2.73. The minimum atomic E-state index is 0.691. The van der Waals surface area contributed by atoms with E-state index in [2.05, 4.69) is 52.3 Å². The molecule has 0 saturated carbocycles. The zero-order valence-electron chi connectivity index (χ0n) is 22.5. The second kappa shape index (κ2) is 12.1. The molecule has 2 aliphatic rings. The maximum atomic E-state index is 6.29. The van der Waals surface area contributed by atoms with Crippen molar-refractivity contribution < 1.29 is 18.9 Å². The maximum Gasteiger partial charge on any atom is 0.168 e. The van der Waals surface area contributed by atoms with E-state index in [9.17, 15) is 0 Å². The zero-order valence-corrected chi connectivity index (χ0v) is 22.5. The first-order valence-corrected chi connectivity index (χ1v) is 13.6. The van der Waals surface area contributed by atoms with Crippen LogP contribution in [0.1, 0.15) is 36.8 Å². The summed E-state index contributed by atoms with van der Waals surface area (Å²) in [6.45, 7) is 7.23. The average Bonchev–Trinajstić information content (AvgIpc) is 3.18. The summed E-state index contributed by atoms with van der Waals surface area (Å²) in [4.78, 5) is 5.24. The highest BCUT2D eigenvalue weighted by molar-refractivity contribution is 5.90. The quantitative estimate of drug-likeness (QED) is 0.328. The Morgan fingerprint density at radius 3 is 2.27 bits per heavy atom. The predicted molar refractivity (Wildman–Crippen MR) is 148 cm³/mol. The van der Waals surface area contributed by atoms with Gasteiger partial charge in [0.15, 0.2) is 23.0 Å². The summed E-state index contributed by atoms with van der Waals surface area (Å²) in [6, 6.07) is 16.7. The lowest BCUT2D eigenvalue weighted by Crippen LogP contribution is -2.35. The molecule has 0 radical (unpaired) electrons. The summed E-state index contributed by atoms with van der Waals surface area (Å²) < 4.78 is 22.9. The first-order valence-electron chi connectivity index (χ1n) is 13.6. The van der Waals surface area contributed by atoms with Crippen LogP contribution in [-0.2, 0) is 13.1 Å². The van der Waals surface area contributed by atoms with Gasteiger partial charge in [0.05, 0.1) is 27.9 Å². The minimum Gasteiger partial charge on any atom is -0.493 e. The summed E-state index contributed by atoms with van der Waals surface area (Å²) in [6.07, 6.45) is 4.91. The number of hydrogen-bond acceptors (Lipinski definition) is 6. The van der Waals surface area contributed by atoms with Crippen LogP contribution in [0.15, 0.2) is 48.5 Å². The lowest BCUT2D eigenvalue weighted by molar-refractivity contribution is 0.176. The van der Waals surface area contributed by atoms with E-state index < -0.39 is 0 Å². The summed E-state index contributed by atoms with van der Waals surface area (Å²) in [5.74, 6) is 4.01. The van der Waals surface area contributed by atoms with Crippen LogP contribution in [0.5, 0.6) is 23.0 Å². The van der Waals surface area contributed by atoms with E-state index in [0.717, 1.165) is 67.5 Å². The molecule has 0 bridgehead atoms. The van der Waals surface area contributed by atoms with Crippen molar-refractivity contribution in [3.8, 4) is 23.0 Å². The molecule has 0 N–H and O–H groups in total. The Labute approximate surface area is 221 Å². The Balaban J connectivity index is 1.13. The van der Waals surface area contributed by atoms with Crippen LogP contribution in [0.25, 0.3) is 10.8 Å². The normalized spacial score (nSPS) is 18.4. The van der Waals surface area contributed by atoms with Crippen molar-refractivity contribution in [3.63, 3.8) is 0 Å². The van der Waals surface area contributed by atoms with Gasteiger partial charge in [-0.25, -0.2) is 0 Å². The zero-order chi connectivity index (χ0) is 25.6. The third-order valence-corrected chi connectivity index (χ3v) is 7.79. The molecule has 37 heavy (non-hydrogen) atoms. The standard InChI is InChI=1S/C31H40N2O4/c1-34-28-13-12-24-10-4-5-11-27(24)31(28)37-16-8-15-32-14-7-6-9-23(19-32)20-33-21-25-17-29(35-2)30(36-3)18-26(25)22-33/h4-5,10-13,17-18,23H,6-9,14-16,19-22H2,1-3H3. The molecule has 2 heterocycles. The molecule has 1 atom stereocenters. The van der Waals surface area contributed by atoms with Gasteiger partial charge in [0, 0.05) is 38.1 Å². The average molecular weight is 505 g/mol. The van der Waals surface area contributed by atoms with Crippen LogP contribution < -0.4 is 18.9 Å². The lowest BCUT2D eigenvalue weighted by Gasteiger charge is -2.27. The number of benzene rings is 3. The third kappa shape index (κ3) is 5.97. The van der Waals surface area contributed by atoms with Gasteiger partial charge in [-0.15, -0.1) is 0 Å². The van der Waals surface area contributed by atoms with E-state index in [-0.39, 0.29) is 0 Å². The number of fused-ring (bicyclic) bond motifs is 2. The number of ether oxygens (including phenoxy) is 4. The fourth-order valence-electron chi connectivity index (χ4n) is 5.95. The molecule has 1 unspecified atom stereocenters. The first-order chi connectivity index (χ1) is 18.2. The van der Waals surface area contributed by atoms with Crippen molar-refractivity contribution in [2.24, 2.45) is 5.92 Å². The maximum absolute atomic E-state index is 6.29. The van der Waals surface area contributed by atoms with Crippen LogP contribution in [0.3, 0.4) is 0 Å². The molecule has 198 valence electrons. The van der Waals surface area contributed by atoms with Crippen LogP contribution in [0.2, 0.25) is 0 Å². The summed E-state index contributed by atoms with van der Waals surface area (Å²) >= 11 is 0. The van der Waals surface area contributed by atoms with Crippen molar-refractivity contribution in [1.29, 1.82) is 0 Å². The largest absolute Gasteiger partial charge is 0.493 e. The second-order valence-electron chi connectivity index (χ2n) is 10.3. The van der Waals surface area contributed by atoms with Crippen LogP contribution in [0, 0.1) is 5.92 Å². The Morgan fingerprint density at radius 2 is 1.54 bits per heavy atom. The van der Waals surface area contributed by atoms with E-state index >= 15 is 0 Å². The molecule has 0 aromatic heterocycles. The molecule has 2 aliphatic heterocycles. The summed E-state index contributed by atoms with van der Waals surface area (Å²) in [5, 5.41) is 2.29. The molecule has 3 aromatic rings. The Kier molecular flexibility index (Phi) is 8.37. The lowest BCUT2D eigenvalue weighted by atomic mass is 10.0. The topological polar surface area (TPSA) is 43.4 Å². The van der Waals surface area contributed by atoms with Crippen molar-refractivity contribution in [1.82, 2.24) is 9.80 Å². The van der Waals surface area contributed by atoms with Crippen LogP contribution >= 0.6 is 0 Å². The number of likely N-dealkylation sites (tertiary alicyclic amines) is 1. The van der Waals surface area contributed by atoms with Gasteiger partial charge in [0.25, 0.3) is 0 Å². The van der Waals surface area contributed by atoms with Crippen molar-refractivity contribution in [2.45, 2.75) is 38.8 Å². The molecule has 0 aliphatic carbocycles. The number of rotatable bonds is 10. The van der Waals surface area contributed by atoms with E-state index in [1.165, 1.54) is 42.3 Å². The van der Waals surface area contributed by atoms with Crippen molar-refractivity contribution in [3.05, 3.63) is 59.7 Å². The molecule has 1 fully saturated rings. The fraction of sp³-hybridized carbons (Fsp3) is 0.484. The molecular formula is C31H40N2O4. The fourth-order valence-corrected chi connectivity index (χ4v) is 5.95. The molecule has 5 rings (SSSR count). The van der Waals surface area contributed by atoms with Crippen LogP contribution in [0.4, 0.5) is 0 Å². The van der Waals surface area contributed by atoms with Crippen molar-refractivity contribution in [2.75, 3.05) is 54.1 Å². The molecular weight excluding hydrogens is 464 g/mol. The van der Waals surface area contributed by atoms with Gasteiger partial charge < -0.3 is 23.8 Å². The first kappa shape index (κ1) is 25.7. The Morgan fingerprint density at radius 1 is 0.811 bits per heavy atom. The van der Waals surface area contributed by atoms with Gasteiger partial charge in [-0.2, -0.15) is 0 Å². The highest BCUT2D eigenvalue weighted by Crippen LogP contribution is 2.36. The van der Waals surface area contributed by atoms with Gasteiger partial charge in [-0.3, -0.25) is 4.90 Å². The molecule has 3 aromatic carbocycles. The molecule has 1 saturated heterocycles. The van der Waals surface area contributed by atoms with E-state index in [0.29, 0.717) is 12.5 Å². The smallest absolute Gasteiger partial charge is 0.168 e. The van der Waals surface area contributed by atoms with E-state index in [1.54, 1.807) is 21.3 Å². The van der Waals surface area contributed by atoms with Gasteiger partial charge in [-0.05, 0) is 66.4 Å². The predicted octanol–water partition coefficient (Wildman–Crippen LogP) is 5.75. The number of nitrogens with zero attached hydrogens (tertiary/aromatic N) is 2. The van der Waals surface area contributed by atoms with Crippen LogP contribution in [-0.4, -0.2) is 63.9 Å². The van der Waals surface area contributed by atoms with Gasteiger partial charge in [0.2, 0.25) is 0 Å². The third-order valence-electron chi connectivity index (χ3n) is 7.79. The molecule has 0 spiro atoms. The monoisotopic (exact) mass is 504 g/mol. The van der Waals surface area contributed by atoms with Gasteiger partial charge in [0.1, 0.15) is 0 Å². The molecule has 6 heteroatoms. The summed E-state index contributed by atoms with van der Waals surface area (Å²) in [7, 11) is 5.13. The Hall–Kier alpha value is -2.96. The number of hydrogen-bond donors (Lipinski definition) is 0. The SMILES string of the molecule is COc1cc2c(cc1OC)CN(CC1CCCCN(CCCOc3c(OC)ccc4ccccc34)C1)C2. The van der Waals surface area contributed by atoms with Crippen molar-refractivity contribution >= 4 is 10.8 Å². The highest BCUT2D eigenvalue weighted by atomic mass is 16.5. The number of methoxy groups -OCH3 is 3.